The normalized spacial score (nSPS) is 22.4. The van der Waals surface area contributed by atoms with Crippen molar-refractivity contribution in [2.75, 3.05) is 19.6 Å². The molecule has 1 atom stereocenters. The molecule has 0 aromatic rings. The average Bonchev–Trinajstić information content (AvgIpc) is 2.29. The van der Waals surface area contributed by atoms with Gasteiger partial charge in [-0.2, -0.15) is 0 Å². The zero-order valence-corrected chi connectivity index (χ0v) is 9.71. The molecule has 0 spiro atoms. The van der Waals surface area contributed by atoms with Crippen LogP contribution in [0, 0.1) is 17.8 Å². The third-order valence-corrected chi connectivity index (χ3v) is 3.01. The Labute approximate surface area is 88.9 Å². The van der Waals surface area contributed by atoms with Crippen molar-refractivity contribution in [1.82, 2.24) is 4.90 Å². The van der Waals surface area contributed by atoms with Crippen LogP contribution in [-0.2, 0) is 0 Å². The minimum atomic E-state index is 0.996. The summed E-state index contributed by atoms with van der Waals surface area (Å²) in [4.78, 5) is 2.65. The highest BCUT2D eigenvalue weighted by atomic mass is 15.1. The molecule has 82 valence electrons. The maximum atomic E-state index is 6.50. The predicted octanol–water partition coefficient (Wildman–Crippen LogP) is 3.05. The summed E-state index contributed by atoms with van der Waals surface area (Å²) in [6.07, 6.45) is 7.01. The number of hydrogen-bond acceptors (Lipinski definition) is 2. The SMILES string of the molecule is C#N.CCCCN1CCCC(CC)C1. The zero-order chi connectivity index (χ0) is 10.8. The summed E-state index contributed by atoms with van der Waals surface area (Å²) >= 11 is 0. The quantitative estimate of drug-likeness (QED) is 0.691. The van der Waals surface area contributed by atoms with Crippen LogP contribution in [0.1, 0.15) is 46.0 Å². The van der Waals surface area contributed by atoms with E-state index in [9.17, 15) is 0 Å². The van der Waals surface area contributed by atoms with Gasteiger partial charge in [0, 0.05) is 13.1 Å². The molecule has 1 aliphatic rings. The van der Waals surface area contributed by atoms with Crippen molar-refractivity contribution >= 4 is 0 Å². The largest absolute Gasteiger partial charge is 0.303 e. The molecule has 0 aliphatic carbocycles. The second-order valence-electron chi connectivity index (χ2n) is 4.07. The van der Waals surface area contributed by atoms with Crippen molar-refractivity contribution in [1.29, 1.82) is 5.26 Å². The molecule has 14 heavy (non-hydrogen) atoms. The Bertz CT molecular complexity index is 143. The molecule has 0 aromatic heterocycles. The Morgan fingerprint density at radius 2 is 2.07 bits per heavy atom. The summed E-state index contributed by atoms with van der Waals surface area (Å²) in [7, 11) is 0. The molecule has 2 nitrogen and oxygen atoms in total. The minimum Gasteiger partial charge on any atom is -0.303 e. The van der Waals surface area contributed by atoms with E-state index in [0.717, 1.165) is 5.92 Å². The molecule has 0 saturated carbocycles. The topological polar surface area (TPSA) is 27.0 Å². The lowest BCUT2D eigenvalue weighted by Crippen LogP contribution is -2.35. The Morgan fingerprint density at radius 3 is 2.64 bits per heavy atom. The van der Waals surface area contributed by atoms with E-state index in [4.69, 9.17) is 5.26 Å². The number of likely N-dealkylation sites (tertiary alicyclic amines) is 1. The van der Waals surface area contributed by atoms with Gasteiger partial charge in [0.1, 0.15) is 0 Å². The van der Waals surface area contributed by atoms with E-state index in [0.29, 0.717) is 0 Å². The monoisotopic (exact) mass is 196 g/mol. The van der Waals surface area contributed by atoms with Crippen molar-refractivity contribution in [2.45, 2.75) is 46.0 Å². The second kappa shape index (κ2) is 9.02. The molecule has 1 fully saturated rings. The molecule has 0 radical (unpaired) electrons. The van der Waals surface area contributed by atoms with Gasteiger partial charge >= 0.3 is 0 Å². The zero-order valence-electron chi connectivity index (χ0n) is 9.71. The fraction of sp³-hybridized carbons (Fsp3) is 0.917. The van der Waals surface area contributed by atoms with E-state index >= 15 is 0 Å². The molecule has 1 rings (SSSR count). The van der Waals surface area contributed by atoms with Gasteiger partial charge in [-0.15, -0.1) is 0 Å². The first kappa shape index (κ1) is 13.4. The number of nitrogens with zero attached hydrogens (tertiary/aromatic N) is 2. The maximum Gasteiger partial charge on any atom is 0.0462 e. The van der Waals surface area contributed by atoms with Gasteiger partial charge in [-0.25, -0.2) is 5.26 Å². The molecule has 1 heterocycles. The first-order chi connectivity index (χ1) is 6.86. The van der Waals surface area contributed by atoms with Crippen molar-refractivity contribution in [2.24, 2.45) is 5.92 Å². The summed E-state index contributed by atoms with van der Waals surface area (Å²) in [5.41, 5.74) is 0. The van der Waals surface area contributed by atoms with Gasteiger partial charge in [-0.3, -0.25) is 0 Å². The van der Waals surface area contributed by atoms with Gasteiger partial charge in [0.05, 0.1) is 0 Å². The summed E-state index contributed by atoms with van der Waals surface area (Å²) in [5.74, 6) is 0.996. The van der Waals surface area contributed by atoms with Crippen molar-refractivity contribution in [3.63, 3.8) is 0 Å². The lowest BCUT2D eigenvalue weighted by atomic mass is 9.95. The van der Waals surface area contributed by atoms with Crippen LogP contribution in [0.5, 0.6) is 0 Å². The first-order valence-corrected chi connectivity index (χ1v) is 5.85. The molecule has 1 unspecified atom stereocenters. The molecule has 0 bridgehead atoms. The van der Waals surface area contributed by atoms with Crippen LogP contribution in [-0.4, -0.2) is 24.5 Å². The number of rotatable bonds is 4. The first-order valence-electron chi connectivity index (χ1n) is 5.85. The third kappa shape index (κ3) is 5.24. The van der Waals surface area contributed by atoms with Crippen LogP contribution in [0.15, 0.2) is 0 Å². The Morgan fingerprint density at radius 1 is 1.36 bits per heavy atom. The summed E-state index contributed by atoms with van der Waals surface area (Å²) in [6, 6.07) is 0. The molecular weight excluding hydrogens is 172 g/mol. The van der Waals surface area contributed by atoms with Gasteiger partial charge in [-0.05, 0) is 38.3 Å². The molecule has 0 N–H and O–H groups in total. The second-order valence-corrected chi connectivity index (χ2v) is 4.07. The van der Waals surface area contributed by atoms with E-state index in [2.05, 4.69) is 25.3 Å². The van der Waals surface area contributed by atoms with Crippen LogP contribution in [0.4, 0.5) is 0 Å². The van der Waals surface area contributed by atoms with Crippen molar-refractivity contribution in [3.8, 4) is 6.57 Å². The van der Waals surface area contributed by atoms with Gasteiger partial charge in [0.15, 0.2) is 0 Å². The molecule has 2 heteroatoms. The van der Waals surface area contributed by atoms with E-state index in [1.165, 1.54) is 51.7 Å². The number of unbranched alkanes of at least 4 members (excludes halogenated alkanes) is 1. The number of hydrogen-bond donors (Lipinski definition) is 0. The number of piperidine rings is 1. The van der Waals surface area contributed by atoms with Crippen molar-refractivity contribution < 1.29 is 0 Å². The standard InChI is InChI=1S/C11H23N.CHN/c1-3-5-8-12-9-6-7-11(4-2)10-12;1-2/h11H,3-10H2,1-2H3;1H. The molecule has 1 aliphatic heterocycles. The van der Waals surface area contributed by atoms with Crippen LogP contribution in [0.3, 0.4) is 0 Å². The highest BCUT2D eigenvalue weighted by molar-refractivity contribution is 4.71. The van der Waals surface area contributed by atoms with Crippen LogP contribution < -0.4 is 0 Å². The fourth-order valence-electron chi connectivity index (χ4n) is 2.07. The summed E-state index contributed by atoms with van der Waals surface area (Å²) in [5, 5.41) is 6.50. The Hall–Kier alpha value is -0.550. The van der Waals surface area contributed by atoms with Gasteiger partial charge in [0.2, 0.25) is 0 Å². The lowest BCUT2D eigenvalue weighted by molar-refractivity contribution is 0.170. The average molecular weight is 196 g/mol. The molecule has 0 amide bonds. The van der Waals surface area contributed by atoms with Crippen LogP contribution in [0.2, 0.25) is 0 Å². The van der Waals surface area contributed by atoms with Crippen LogP contribution in [0.25, 0.3) is 0 Å². The Kier molecular flexibility index (Phi) is 8.67. The van der Waals surface area contributed by atoms with Gasteiger partial charge in [-0.1, -0.05) is 26.7 Å². The Balaban J connectivity index is 0.000000791. The molecular formula is C12H24N2. The highest BCUT2D eigenvalue weighted by Crippen LogP contribution is 2.19. The van der Waals surface area contributed by atoms with Gasteiger partial charge < -0.3 is 4.90 Å². The fourth-order valence-corrected chi connectivity index (χ4v) is 2.07. The summed E-state index contributed by atoms with van der Waals surface area (Å²) in [6.45, 7) is 12.2. The lowest BCUT2D eigenvalue weighted by Gasteiger charge is -2.32. The number of nitriles is 1. The van der Waals surface area contributed by atoms with Crippen molar-refractivity contribution in [3.05, 3.63) is 0 Å². The van der Waals surface area contributed by atoms with Gasteiger partial charge in [0.25, 0.3) is 0 Å². The maximum absolute atomic E-state index is 6.50. The van der Waals surface area contributed by atoms with E-state index in [1.807, 2.05) is 0 Å². The van der Waals surface area contributed by atoms with E-state index in [1.54, 1.807) is 0 Å². The summed E-state index contributed by atoms with van der Waals surface area (Å²) < 4.78 is 0. The molecule has 0 aromatic carbocycles. The highest BCUT2D eigenvalue weighted by Gasteiger charge is 2.17. The molecule has 1 saturated heterocycles. The predicted molar refractivity (Wildman–Crippen MR) is 61.0 cm³/mol. The third-order valence-electron chi connectivity index (χ3n) is 3.01. The van der Waals surface area contributed by atoms with Crippen LogP contribution >= 0.6 is 0 Å². The smallest absolute Gasteiger partial charge is 0.0462 e. The van der Waals surface area contributed by atoms with E-state index in [-0.39, 0.29) is 0 Å². The van der Waals surface area contributed by atoms with E-state index < -0.39 is 0 Å². The minimum absolute atomic E-state index is 0.996.